The van der Waals surface area contributed by atoms with Crippen molar-refractivity contribution in [3.63, 3.8) is 0 Å². The Kier molecular flexibility index (Phi) is 4.99. The normalized spacial score (nSPS) is 9.65. The van der Waals surface area contributed by atoms with Gasteiger partial charge in [0.25, 0.3) is 5.91 Å². The molecule has 4 nitrogen and oxygen atoms in total. The van der Waals surface area contributed by atoms with Crippen LogP contribution in [0.2, 0.25) is 0 Å². The topological polar surface area (TPSA) is 62.5 Å². The lowest BCUT2D eigenvalue weighted by Gasteiger charge is -2.03. The average Bonchev–Trinajstić information content (AvgIpc) is 2.99. The van der Waals surface area contributed by atoms with Crippen LogP contribution in [0, 0.1) is 11.8 Å². The lowest BCUT2D eigenvalue weighted by Crippen LogP contribution is -2.22. The first-order valence-corrected chi connectivity index (χ1v) is 6.30. The molecule has 0 saturated carbocycles. The summed E-state index contributed by atoms with van der Waals surface area (Å²) in [5, 5.41) is 11.4. The van der Waals surface area contributed by atoms with Gasteiger partial charge in [-0.2, -0.15) is 0 Å². The molecule has 0 saturated heterocycles. The van der Waals surface area contributed by atoms with E-state index >= 15 is 0 Å². The minimum absolute atomic E-state index is 0.0380. The second kappa shape index (κ2) is 7.17. The Bertz CT molecular complexity index is 621. The highest BCUT2D eigenvalue weighted by molar-refractivity contribution is 5.94. The van der Waals surface area contributed by atoms with Gasteiger partial charge in [-0.1, -0.05) is 17.9 Å². The van der Waals surface area contributed by atoms with Crippen molar-refractivity contribution in [2.24, 2.45) is 0 Å². The monoisotopic (exact) mass is 269 g/mol. The predicted octanol–water partition coefficient (Wildman–Crippen LogP) is 1.94. The van der Waals surface area contributed by atoms with Crippen LogP contribution in [-0.2, 0) is 6.54 Å². The van der Waals surface area contributed by atoms with Gasteiger partial charge in [-0.05, 0) is 30.3 Å². The van der Waals surface area contributed by atoms with Crippen LogP contribution in [0.3, 0.4) is 0 Å². The molecule has 0 fully saturated rings. The van der Waals surface area contributed by atoms with Gasteiger partial charge < -0.3 is 14.8 Å². The third-order valence-corrected chi connectivity index (χ3v) is 2.60. The Balaban J connectivity index is 1.99. The van der Waals surface area contributed by atoms with E-state index in [1.165, 1.54) is 0 Å². The van der Waals surface area contributed by atoms with Crippen molar-refractivity contribution < 1.29 is 14.3 Å². The third kappa shape index (κ3) is 4.01. The van der Waals surface area contributed by atoms with Crippen LogP contribution in [0.15, 0.2) is 47.1 Å². The molecule has 0 unspecified atom stereocenters. The van der Waals surface area contributed by atoms with Crippen molar-refractivity contribution in [3.8, 4) is 11.8 Å². The summed E-state index contributed by atoms with van der Waals surface area (Å²) >= 11 is 0. The van der Waals surface area contributed by atoms with E-state index in [2.05, 4.69) is 17.2 Å². The van der Waals surface area contributed by atoms with E-state index in [0.717, 1.165) is 5.56 Å². The van der Waals surface area contributed by atoms with E-state index in [0.29, 0.717) is 24.3 Å². The fourth-order valence-electron chi connectivity index (χ4n) is 1.64. The number of amides is 1. The molecule has 2 N–H and O–H groups in total. The lowest BCUT2D eigenvalue weighted by atomic mass is 10.1. The van der Waals surface area contributed by atoms with Crippen LogP contribution in [-0.4, -0.2) is 17.6 Å². The molecule has 2 rings (SSSR count). The first-order chi connectivity index (χ1) is 9.79. The van der Waals surface area contributed by atoms with Crippen molar-refractivity contribution in [2.75, 3.05) is 6.61 Å². The number of rotatable bonds is 4. The van der Waals surface area contributed by atoms with E-state index in [9.17, 15) is 4.79 Å². The van der Waals surface area contributed by atoms with Crippen LogP contribution < -0.4 is 5.32 Å². The van der Waals surface area contributed by atoms with Crippen LogP contribution >= 0.6 is 0 Å². The highest BCUT2D eigenvalue weighted by Gasteiger charge is 2.06. The Morgan fingerprint density at radius 1 is 1.30 bits per heavy atom. The largest absolute Gasteiger partial charge is 0.467 e. The van der Waals surface area contributed by atoms with Gasteiger partial charge in [0.05, 0.1) is 19.4 Å². The number of furan rings is 1. The van der Waals surface area contributed by atoms with Crippen LogP contribution in [0.4, 0.5) is 0 Å². The maximum absolute atomic E-state index is 12.0. The third-order valence-electron chi connectivity index (χ3n) is 2.60. The maximum Gasteiger partial charge on any atom is 0.251 e. The summed E-state index contributed by atoms with van der Waals surface area (Å²) in [6.07, 6.45) is 1.99. The van der Waals surface area contributed by atoms with Gasteiger partial charge in [-0.15, -0.1) is 0 Å². The number of aliphatic hydroxyl groups excluding tert-OH is 1. The maximum atomic E-state index is 12.0. The molecule has 1 heterocycles. The molecule has 4 heteroatoms. The van der Waals surface area contributed by atoms with Crippen LogP contribution in [0.5, 0.6) is 0 Å². The fourth-order valence-corrected chi connectivity index (χ4v) is 1.64. The molecule has 1 aromatic carbocycles. The fraction of sp³-hybridized carbons (Fsp3) is 0.188. The number of benzene rings is 1. The minimum atomic E-state index is -0.174. The first-order valence-electron chi connectivity index (χ1n) is 6.30. The second-order valence-corrected chi connectivity index (χ2v) is 4.12. The summed E-state index contributed by atoms with van der Waals surface area (Å²) < 4.78 is 5.15. The molecule has 102 valence electrons. The van der Waals surface area contributed by atoms with Crippen LogP contribution in [0.1, 0.15) is 28.1 Å². The summed E-state index contributed by atoms with van der Waals surface area (Å²) in [5.41, 5.74) is 1.30. The van der Waals surface area contributed by atoms with E-state index in [1.54, 1.807) is 36.6 Å². The average molecular weight is 269 g/mol. The van der Waals surface area contributed by atoms with E-state index in [-0.39, 0.29) is 12.5 Å². The summed E-state index contributed by atoms with van der Waals surface area (Å²) in [6.45, 7) is 0.391. The zero-order valence-electron chi connectivity index (χ0n) is 10.9. The Hall–Kier alpha value is -2.51. The molecule has 0 aliphatic rings. The molecular weight excluding hydrogens is 254 g/mol. The Morgan fingerprint density at radius 2 is 2.20 bits per heavy atom. The molecule has 0 spiro atoms. The van der Waals surface area contributed by atoms with Crippen molar-refractivity contribution in [3.05, 3.63) is 59.5 Å². The molecule has 20 heavy (non-hydrogen) atoms. The summed E-state index contributed by atoms with van der Waals surface area (Å²) in [5.74, 6) is 6.26. The van der Waals surface area contributed by atoms with Crippen LogP contribution in [0.25, 0.3) is 0 Å². The van der Waals surface area contributed by atoms with E-state index < -0.39 is 0 Å². The molecule has 0 atom stereocenters. The summed E-state index contributed by atoms with van der Waals surface area (Å²) in [7, 11) is 0. The second-order valence-electron chi connectivity index (χ2n) is 4.12. The molecule has 1 aromatic heterocycles. The van der Waals surface area contributed by atoms with Crippen molar-refractivity contribution in [2.45, 2.75) is 13.0 Å². The molecule has 0 radical (unpaired) electrons. The number of aliphatic hydroxyl groups is 1. The predicted molar refractivity (Wildman–Crippen MR) is 74.9 cm³/mol. The first kappa shape index (κ1) is 13.9. The van der Waals surface area contributed by atoms with Gasteiger partial charge in [0, 0.05) is 17.5 Å². The molecule has 1 amide bonds. The summed E-state index contributed by atoms with van der Waals surface area (Å²) in [6, 6.07) is 10.6. The Labute approximate surface area is 117 Å². The molecule has 0 bridgehead atoms. The Morgan fingerprint density at radius 3 is 2.95 bits per heavy atom. The van der Waals surface area contributed by atoms with Gasteiger partial charge in [0.1, 0.15) is 5.76 Å². The zero-order chi connectivity index (χ0) is 14.2. The zero-order valence-corrected chi connectivity index (χ0v) is 10.9. The standard InChI is InChI=1S/C16H15NO3/c18-9-2-1-5-13-6-3-7-14(11-13)16(19)17-12-15-8-4-10-20-15/h3-4,6-8,10-11,18H,2,9,12H2,(H,17,19). The van der Waals surface area contributed by atoms with Crippen molar-refractivity contribution >= 4 is 5.91 Å². The number of nitrogens with one attached hydrogen (secondary N) is 1. The van der Waals surface area contributed by atoms with E-state index in [4.69, 9.17) is 9.52 Å². The smallest absolute Gasteiger partial charge is 0.251 e. The molecular formula is C16H15NO3. The molecule has 0 aliphatic carbocycles. The SMILES string of the molecule is O=C(NCc1ccco1)c1cccc(C#CCCO)c1. The van der Waals surface area contributed by atoms with Gasteiger partial charge in [0.15, 0.2) is 0 Å². The lowest BCUT2D eigenvalue weighted by molar-refractivity contribution is 0.0948. The number of hydrogen-bond donors (Lipinski definition) is 2. The number of hydrogen-bond acceptors (Lipinski definition) is 3. The minimum Gasteiger partial charge on any atom is -0.467 e. The van der Waals surface area contributed by atoms with E-state index in [1.807, 2.05) is 6.07 Å². The number of carbonyl (C=O) groups is 1. The highest BCUT2D eigenvalue weighted by Crippen LogP contribution is 2.05. The highest BCUT2D eigenvalue weighted by atomic mass is 16.3. The molecule has 0 aliphatic heterocycles. The number of carbonyl (C=O) groups excluding carboxylic acids is 1. The van der Waals surface area contributed by atoms with Gasteiger partial charge in [-0.25, -0.2) is 0 Å². The van der Waals surface area contributed by atoms with Gasteiger partial charge in [0.2, 0.25) is 0 Å². The van der Waals surface area contributed by atoms with Crippen molar-refractivity contribution in [1.82, 2.24) is 5.32 Å². The van der Waals surface area contributed by atoms with Gasteiger partial charge >= 0.3 is 0 Å². The molecule has 2 aromatic rings. The van der Waals surface area contributed by atoms with Gasteiger partial charge in [-0.3, -0.25) is 4.79 Å². The summed E-state index contributed by atoms with van der Waals surface area (Å²) in [4.78, 5) is 12.0. The van der Waals surface area contributed by atoms with Crippen molar-refractivity contribution in [1.29, 1.82) is 0 Å². The quantitative estimate of drug-likeness (QED) is 0.834.